The van der Waals surface area contributed by atoms with Crippen LogP contribution in [0.5, 0.6) is 0 Å². The largest absolute Gasteiger partial charge is 0.467 e. The minimum atomic E-state index is -0.461. The molecule has 0 amide bonds. The third kappa shape index (κ3) is 2.00. The second-order valence-corrected chi connectivity index (χ2v) is 7.60. The Morgan fingerprint density at radius 3 is 1.93 bits per heavy atom. The van der Waals surface area contributed by atoms with Gasteiger partial charge in [-0.2, -0.15) is 0 Å². The lowest BCUT2D eigenvalue weighted by molar-refractivity contribution is -0.146. The van der Waals surface area contributed by atoms with E-state index >= 15 is 0 Å². The van der Waals surface area contributed by atoms with Crippen molar-refractivity contribution in [3.8, 4) is 0 Å². The van der Waals surface area contributed by atoms with Crippen LogP contribution in [0.15, 0.2) is 60.7 Å². The molecule has 144 valence electrons. The lowest BCUT2D eigenvalue weighted by Crippen LogP contribution is -2.23. The first-order valence-electron chi connectivity index (χ1n) is 9.79. The Kier molecular flexibility index (Phi) is 3.35. The van der Waals surface area contributed by atoms with E-state index in [1.807, 2.05) is 18.2 Å². The number of hydrogen-bond acceptors (Lipinski definition) is 3. The van der Waals surface area contributed by atoms with Gasteiger partial charge in [0.2, 0.25) is 0 Å². The summed E-state index contributed by atoms with van der Waals surface area (Å²) in [5.74, 6) is -0.248. The summed E-state index contributed by atoms with van der Waals surface area (Å²) in [6.07, 6.45) is 0.227. The van der Waals surface area contributed by atoms with Crippen LogP contribution >= 0.6 is 0 Å². The lowest BCUT2D eigenvalue weighted by atomic mass is 10.1. The van der Waals surface area contributed by atoms with E-state index in [1.54, 1.807) is 7.11 Å². The molecule has 0 fully saturated rings. The summed E-state index contributed by atoms with van der Waals surface area (Å²) in [6, 6.07) is 20.6. The van der Waals surface area contributed by atoms with Crippen molar-refractivity contribution in [2.24, 2.45) is 0 Å². The molecule has 29 heavy (non-hydrogen) atoms. The van der Waals surface area contributed by atoms with Crippen LogP contribution in [0.2, 0.25) is 0 Å². The predicted molar refractivity (Wildman–Crippen MR) is 114 cm³/mol. The van der Waals surface area contributed by atoms with Crippen molar-refractivity contribution in [3.63, 3.8) is 0 Å². The van der Waals surface area contributed by atoms with Crippen LogP contribution in [0.25, 0.3) is 43.6 Å². The zero-order chi connectivity index (χ0) is 19.7. The Balaban J connectivity index is 1.92. The van der Waals surface area contributed by atoms with Gasteiger partial charge in [0.25, 0.3) is 0 Å². The Bertz CT molecular complexity index is 1440. The molecule has 6 rings (SSSR count). The van der Waals surface area contributed by atoms with Crippen molar-refractivity contribution in [2.75, 3.05) is 14.2 Å². The van der Waals surface area contributed by atoms with E-state index < -0.39 is 6.04 Å². The Hall–Kier alpha value is -3.31. The summed E-state index contributed by atoms with van der Waals surface area (Å²) in [5.41, 5.74) is 4.33. The molecule has 5 nitrogen and oxygen atoms in total. The molecule has 5 heteroatoms. The monoisotopic (exact) mass is 384 g/mol. The van der Waals surface area contributed by atoms with Crippen molar-refractivity contribution < 1.29 is 14.3 Å². The van der Waals surface area contributed by atoms with E-state index in [-0.39, 0.29) is 12.2 Å². The zero-order valence-electron chi connectivity index (χ0n) is 16.3. The first-order chi connectivity index (χ1) is 14.2. The lowest BCUT2D eigenvalue weighted by Gasteiger charge is -2.22. The normalized spacial score (nSPS) is 18.8. The number of carbonyl (C=O) groups is 1. The standard InChI is InChI=1S/C24H20N2O3/c1-28-21-13-20(24(27)29-2)25-18-9-5-3-7-14(18)16-11-12-17-15-8-4-6-10-19(15)26(21)23(17)22(16)25/h3-12,20-21H,13H2,1-2H3/t20?,21-/m0/s1. The molecule has 1 aliphatic heterocycles. The maximum atomic E-state index is 12.9. The van der Waals surface area contributed by atoms with E-state index in [0.29, 0.717) is 6.42 Å². The second kappa shape index (κ2) is 5.84. The number of para-hydroxylation sites is 2. The minimum absolute atomic E-state index is 0.248. The summed E-state index contributed by atoms with van der Waals surface area (Å²) >= 11 is 0. The quantitative estimate of drug-likeness (QED) is 0.395. The van der Waals surface area contributed by atoms with E-state index in [2.05, 4.69) is 51.6 Å². The number of carbonyl (C=O) groups excluding carboxylic acids is 1. The topological polar surface area (TPSA) is 45.4 Å². The summed E-state index contributed by atoms with van der Waals surface area (Å²) in [4.78, 5) is 12.9. The molecule has 0 spiro atoms. The Morgan fingerprint density at radius 2 is 1.34 bits per heavy atom. The van der Waals surface area contributed by atoms with E-state index in [0.717, 1.165) is 32.8 Å². The number of esters is 1. The van der Waals surface area contributed by atoms with Crippen LogP contribution in [0, 0.1) is 0 Å². The molecule has 3 aromatic carbocycles. The highest BCUT2D eigenvalue weighted by atomic mass is 16.5. The molecule has 3 heterocycles. The van der Waals surface area contributed by atoms with E-state index in [9.17, 15) is 4.79 Å². The predicted octanol–water partition coefficient (Wildman–Crippen LogP) is 5.17. The summed E-state index contributed by atoms with van der Waals surface area (Å²) in [6.45, 7) is 0. The van der Waals surface area contributed by atoms with Gasteiger partial charge in [-0.05, 0) is 12.1 Å². The summed E-state index contributed by atoms with van der Waals surface area (Å²) in [5, 5.41) is 4.65. The van der Waals surface area contributed by atoms with Crippen molar-refractivity contribution in [1.82, 2.24) is 9.13 Å². The molecule has 0 saturated carbocycles. The summed E-state index contributed by atoms with van der Waals surface area (Å²) < 4.78 is 15.6. The van der Waals surface area contributed by atoms with Gasteiger partial charge in [0.15, 0.2) is 0 Å². The van der Waals surface area contributed by atoms with Crippen LogP contribution in [0.1, 0.15) is 18.7 Å². The number of nitrogens with zero attached hydrogens (tertiary/aromatic N) is 2. The molecule has 0 bridgehead atoms. The SMILES string of the molecule is COC(=O)C1C[C@H](OC)n2c3ccccc3c3ccc4c5ccccc5n1c4c32. The molecule has 0 saturated heterocycles. The molecule has 5 aromatic rings. The average molecular weight is 384 g/mol. The van der Waals surface area contributed by atoms with Crippen LogP contribution in [-0.4, -0.2) is 29.3 Å². The molecular formula is C24H20N2O3. The number of aromatic nitrogens is 2. The smallest absolute Gasteiger partial charge is 0.329 e. The van der Waals surface area contributed by atoms with Gasteiger partial charge in [-0.1, -0.05) is 48.5 Å². The number of benzene rings is 3. The van der Waals surface area contributed by atoms with E-state index in [4.69, 9.17) is 9.47 Å². The molecule has 0 radical (unpaired) electrons. The van der Waals surface area contributed by atoms with E-state index in [1.165, 1.54) is 17.9 Å². The van der Waals surface area contributed by atoms with Crippen LogP contribution < -0.4 is 0 Å². The molecule has 1 aliphatic rings. The van der Waals surface area contributed by atoms with Gasteiger partial charge in [-0.25, -0.2) is 4.79 Å². The molecule has 2 atom stereocenters. The minimum Gasteiger partial charge on any atom is -0.467 e. The first-order valence-corrected chi connectivity index (χ1v) is 9.79. The number of rotatable bonds is 2. The maximum absolute atomic E-state index is 12.9. The fraction of sp³-hybridized carbons (Fsp3) is 0.208. The summed E-state index contributed by atoms with van der Waals surface area (Å²) in [7, 11) is 3.16. The molecular weight excluding hydrogens is 364 g/mol. The first kappa shape index (κ1) is 16.6. The number of fused-ring (bicyclic) bond motifs is 6. The van der Waals surface area contributed by atoms with Crippen LogP contribution in [0.3, 0.4) is 0 Å². The van der Waals surface area contributed by atoms with Gasteiger partial charge in [0, 0.05) is 35.1 Å². The molecule has 2 aromatic heterocycles. The van der Waals surface area contributed by atoms with Crippen molar-refractivity contribution in [3.05, 3.63) is 60.7 Å². The zero-order valence-corrected chi connectivity index (χ0v) is 16.3. The van der Waals surface area contributed by atoms with Gasteiger partial charge in [-0.15, -0.1) is 0 Å². The van der Waals surface area contributed by atoms with Crippen molar-refractivity contribution in [2.45, 2.75) is 18.7 Å². The highest BCUT2D eigenvalue weighted by Gasteiger charge is 2.35. The molecule has 1 unspecified atom stereocenters. The number of methoxy groups -OCH3 is 2. The van der Waals surface area contributed by atoms with Gasteiger partial charge >= 0.3 is 5.97 Å². The highest BCUT2D eigenvalue weighted by molar-refractivity contribution is 6.23. The van der Waals surface area contributed by atoms with Crippen molar-refractivity contribution in [1.29, 1.82) is 0 Å². The average Bonchev–Trinajstić information content (AvgIpc) is 3.22. The van der Waals surface area contributed by atoms with Gasteiger partial charge in [0.1, 0.15) is 12.3 Å². The van der Waals surface area contributed by atoms with Crippen LogP contribution in [-0.2, 0) is 14.3 Å². The van der Waals surface area contributed by atoms with Gasteiger partial charge in [0.05, 0.1) is 29.2 Å². The second-order valence-electron chi connectivity index (χ2n) is 7.60. The Labute approximate surface area is 167 Å². The highest BCUT2D eigenvalue weighted by Crippen LogP contribution is 2.45. The third-order valence-corrected chi connectivity index (χ3v) is 6.31. The van der Waals surface area contributed by atoms with Crippen LogP contribution in [0.4, 0.5) is 0 Å². The molecule has 0 N–H and O–H groups in total. The van der Waals surface area contributed by atoms with Crippen molar-refractivity contribution >= 4 is 49.6 Å². The number of ether oxygens (including phenoxy) is 2. The fourth-order valence-electron chi connectivity index (χ4n) is 5.13. The third-order valence-electron chi connectivity index (χ3n) is 6.31. The fourth-order valence-corrected chi connectivity index (χ4v) is 5.13. The Morgan fingerprint density at radius 1 is 0.793 bits per heavy atom. The number of hydrogen-bond donors (Lipinski definition) is 0. The molecule has 0 aliphatic carbocycles. The van der Waals surface area contributed by atoms with Gasteiger partial charge in [-0.3, -0.25) is 0 Å². The maximum Gasteiger partial charge on any atom is 0.329 e. The van der Waals surface area contributed by atoms with Gasteiger partial charge < -0.3 is 18.6 Å².